The molecule has 0 radical (unpaired) electrons. The van der Waals surface area contributed by atoms with E-state index in [4.69, 9.17) is 11.6 Å². The van der Waals surface area contributed by atoms with E-state index in [1.807, 2.05) is 12.1 Å². The van der Waals surface area contributed by atoms with E-state index >= 15 is 0 Å². The summed E-state index contributed by atoms with van der Waals surface area (Å²) >= 11 is 5.85. The Morgan fingerprint density at radius 2 is 2.05 bits per heavy atom. The summed E-state index contributed by atoms with van der Waals surface area (Å²) in [4.78, 5) is 19.2. The number of imidazole rings is 1. The third kappa shape index (κ3) is 2.63. The lowest BCUT2D eigenvalue weighted by Crippen LogP contribution is -2.07. The molecule has 0 aromatic carbocycles. The van der Waals surface area contributed by atoms with Crippen LogP contribution in [0.5, 0.6) is 0 Å². The zero-order valence-electron chi connectivity index (χ0n) is 9.97. The number of aromatic amines is 1. The van der Waals surface area contributed by atoms with Crippen molar-refractivity contribution in [3.63, 3.8) is 0 Å². The molecule has 2 N–H and O–H groups in total. The van der Waals surface area contributed by atoms with E-state index in [0.717, 1.165) is 18.5 Å². The van der Waals surface area contributed by atoms with Crippen molar-refractivity contribution in [2.24, 2.45) is 0 Å². The molecule has 0 spiro atoms. The Balaban J connectivity index is 1.73. The van der Waals surface area contributed by atoms with Gasteiger partial charge < -0.3 is 10.3 Å². The third-order valence-corrected chi connectivity index (χ3v) is 2.88. The standard InChI is InChI=1S/C12H11ClN6/c13-12-18-10(9-11(19-12)17-7-16-9)15-6-3-8-1-4-14-5-2-8/h1-2,4-5,7H,3,6H2,(H2,15,16,17,18,19). The van der Waals surface area contributed by atoms with Gasteiger partial charge in [-0.05, 0) is 35.7 Å². The Bertz CT molecular complexity index is 681. The van der Waals surface area contributed by atoms with E-state index in [-0.39, 0.29) is 5.28 Å². The number of aromatic nitrogens is 5. The number of fused-ring (bicyclic) bond motifs is 1. The molecule has 0 saturated heterocycles. The van der Waals surface area contributed by atoms with Crippen molar-refractivity contribution < 1.29 is 0 Å². The van der Waals surface area contributed by atoms with Crippen molar-refractivity contribution in [3.8, 4) is 0 Å². The topological polar surface area (TPSA) is 79.4 Å². The molecular weight excluding hydrogens is 264 g/mol. The minimum absolute atomic E-state index is 0.186. The average molecular weight is 275 g/mol. The van der Waals surface area contributed by atoms with Crippen LogP contribution in [0.3, 0.4) is 0 Å². The van der Waals surface area contributed by atoms with E-state index in [2.05, 4.69) is 30.2 Å². The first-order chi connectivity index (χ1) is 9.33. The van der Waals surface area contributed by atoms with Crippen LogP contribution >= 0.6 is 11.6 Å². The zero-order chi connectivity index (χ0) is 13.1. The van der Waals surface area contributed by atoms with Gasteiger partial charge in [0.05, 0.1) is 6.33 Å². The monoisotopic (exact) mass is 274 g/mol. The Morgan fingerprint density at radius 1 is 1.21 bits per heavy atom. The average Bonchev–Trinajstić information content (AvgIpc) is 2.88. The molecule has 19 heavy (non-hydrogen) atoms. The molecule has 0 fully saturated rings. The maximum Gasteiger partial charge on any atom is 0.226 e. The fourth-order valence-electron chi connectivity index (χ4n) is 1.81. The molecule has 0 aliphatic carbocycles. The molecule has 0 amide bonds. The van der Waals surface area contributed by atoms with E-state index < -0.39 is 0 Å². The largest absolute Gasteiger partial charge is 0.368 e. The number of hydrogen-bond acceptors (Lipinski definition) is 5. The fraction of sp³-hybridized carbons (Fsp3) is 0.167. The quantitative estimate of drug-likeness (QED) is 0.712. The van der Waals surface area contributed by atoms with Crippen molar-refractivity contribution in [1.29, 1.82) is 0 Å². The summed E-state index contributed by atoms with van der Waals surface area (Å²) in [5.41, 5.74) is 2.54. The van der Waals surface area contributed by atoms with Gasteiger partial charge >= 0.3 is 0 Å². The van der Waals surface area contributed by atoms with Gasteiger partial charge in [0.25, 0.3) is 0 Å². The molecule has 3 aromatic heterocycles. The van der Waals surface area contributed by atoms with Crippen LogP contribution in [0, 0.1) is 0 Å². The van der Waals surface area contributed by atoms with Crippen LogP contribution in [-0.2, 0) is 6.42 Å². The molecule has 7 heteroatoms. The minimum atomic E-state index is 0.186. The molecule has 6 nitrogen and oxygen atoms in total. The predicted octanol–water partition coefficient (Wildman–Crippen LogP) is 2.06. The van der Waals surface area contributed by atoms with Gasteiger partial charge in [0, 0.05) is 18.9 Å². The van der Waals surface area contributed by atoms with Gasteiger partial charge in [-0.2, -0.15) is 9.97 Å². The SMILES string of the molecule is Clc1nc(NCCc2ccncc2)c2[nH]cnc2n1. The number of rotatable bonds is 4. The number of anilines is 1. The number of hydrogen-bond donors (Lipinski definition) is 2. The molecule has 0 aliphatic heterocycles. The highest BCUT2D eigenvalue weighted by atomic mass is 35.5. The number of nitrogens with zero attached hydrogens (tertiary/aromatic N) is 4. The van der Waals surface area contributed by atoms with E-state index in [1.165, 1.54) is 5.56 Å². The Morgan fingerprint density at radius 3 is 2.89 bits per heavy atom. The van der Waals surface area contributed by atoms with Gasteiger partial charge in [-0.15, -0.1) is 0 Å². The Kier molecular flexibility index (Phi) is 3.24. The minimum Gasteiger partial charge on any atom is -0.368 e. The number of H-pyrrole nitrogens is 1. The van der Waals surface area contributed by atoms with Crippen LogP contribution in [0.1, 0.15) is 5.56 Å². The van der Waals surface area contributed by atoms with Crippen LogP contribution in [0.15, 0.2) is 30.9 Å². The highest BCUT2D eigenvalue weighted by Crippen LogP contribution is 2.18. The lowest BCUT2D eigenvalue weighted by molar-refractivity contribution is 0.999. The van der Waals surface area contributed by atoms with Crippen molar-refractivity contribution in [1.82, 2.24) is 24.9 Å². The summed E-state index contributed by atoms with van der Waals surface area (Å²) < 4.78 is 0. The van der Waals surface area contributed by atoms with Crippen molar-refractivity contribution in [2.75, 3.05) is 11.9 Å². The van der Waals surface area contributed by atoms with Gasteiger partial charge in [0.1, 0.15) is 5.52 Å². The molecule has 3 aromatic rings. The second-order valence-electron chi connectivity index (χ2n) is 3.97. The lowest BCUT2D eigenvalue weighted by Gasteiger charge is -2.06. The van der Waals surface area contributed by atoms with Crippen molar-refractivity contribution >= 4 is 28.6 Å². The molecule has 3 heterocycles. The molecule has 0 aliphatic rings. The molecule has 96 valence electrons. The van der Waals surface area contributed by atoms with Crippen LogP contribution in [0.4, 0.5) is 5.82 Å². The van der Waals surface area contributed by atoms with Crippen LogP contribution in [0.2, 0.25) is 5.28 Å². The van der Waals surface area contributed by atoms with Crippen LogP contribution in [0.25, 0.3) is 11.2 Å². The summed E-state index contributed by atoms with van der Waals surface area (Å²) in [5.74, 6) is 0.668. The highest BCUT2D eigenvalue weighted by molar-refractivity contribution is 6.28. The summed E-state index contributed by atoms with van der Waals surface area (Å²) in [6, 6.07) is 3.97. The second kappa shape index (κ2) is 5.19. The first kappa shape index (κ1) is 11.9. The smallest absolute Gasteiger partial charge is 0.226 e. The van der Waals surface area contributed by atoms with Crippen molar-refractivity contribution in [2.45, 2.75) is 6.42 Å². The maximum absolute atomic E-state index is 5.85. The van der Waals surface area contributed by atoms with Crippen LogP contribution < -0.4 is 5.32 Å². The first-order valence-corrected chi connectivity index (χ1v) is 6.20. The van der Waals surface area contributed by atoms with E-state index in [1.54, 1.807) is 18.7 Å². The van der Waals surface area contributed by atoms with Gasteiger partial charge in [-0.25, -0.2) is 4.98 Å². The molecule has 0 saturated carbocycles. The normalized spacial score (nSPS) is 10.8. The van der Waals surface area contributed by atoms with E-state index in [0.29, 0.717) is 11.5 Å². The molecule has 0 atom stereocenters. The number of pyridine rings is 1. The summed E-state index contributed by atoms with van der Waals surface area (Å²) in [5, 5.41) is 3.42. The van der Waals surface area contributed by atoms with Crippen LogP contribution in [-0.4, -0.2) is 31.5 Å². The number of nitrogens with one attached hydrogen (secondary N) is 2. The molecule has 0 bridgehead atoms. The van der Waals surface area contributed by atoms with Crippen molar-refractivity contribution in [3.05, 3.63) is 41.7 Å². The Hall–Kier alpha value is -2.21. The second-order valence-corrected chi connectivity index (χ2v) is 4.31. The lowest BCUT2D eigenvalue weighted by atomic mass is 10.2. The molecule has 3 rings (SSSR count). The fourth-order valence-corrected chi connectivity index (χ4v) is 1.97. The third-order valence-electron chi connectivity index (χ3n) is 2.71. The summed E-state index contributed by atoms with van der Waals surface area (Å²) in [6.45, 7) is 0.742. The molecule has 0 unspecified atom stereocenters. The van der Waals surface area contributed by atoms with Gasteiger partial charge in [0.2, 0.25) is 5.28 Å². The summed E-state index contributed by atoms with van der Waals surface area (Å²) in [7, 11) is 0. The maximum atomic E-state index is 5.85. The van der Waals surface area contributed by atoms with Gasteiger partial charge in [-0.1, -0.05) is 0 Å². The zero-order valence-corrected chi connectivity index (χ0v) is 10.7. The van der Waals surface area contributed by atoms with Gasteiger partial charge in [-0.3, -0.25) is 4.98 Å². The number of halogens is 1. The molecular formula is C12H11ClN6. The summed E-state index contributed by atoms with van der Waals surface area (Å²) in [6.07, 6.45) is 6.01. The van der Waals surface area contributed by atoms with E-state index in [9.17, 15) is 0 Å². The highest BCUT2D eigenvalue weighted by Gasteiger charge is 2.08. The van der Waals surface area contributed by atoms with Gasteiger partial charge in [0.15, 0.2) is 11.5 Å². The predicted molar refractivity (Wildman–Crippen MR) is 73.1 cm³/mol. The first-order valence-electron chi connectivity index (χ1n) is 5.82. The Labute approximate surface area is 114 Å².